The Labute approximate surface area is 133 Å². The number of carbonyl (C=O) groups is 1. The third-order valence-electron chi connectivity index (χ3n) is 3.36. The molecule has 0 aliphatic carbocycles. The molecule has 0 aliphatic heterocycles. The summed E-state index contributed by atoms with van der Waals surface area (Å²) in [7, 11) is 0. The van der Waals surface area contributed by atoms with E-state index in [1.54, 1.807) is 31.2 Å². The van der Waals surface area contributed by atoms with Crippen molar-refractivity contribution in [2.24, 2.45) is 0 Å². The van der Waals surface area contributed by atoms with E-state index >= 15 is 0 Å². The van der Waals surface area contributed by atoms with Gasteiger partial charge in [-0.1, -0.05) is 41.9 Å². The van der Waals surface area contributed by atoms with Gasteiger partial charge in [-0.25, -0.2) is 0 Å². The third kappa shape index (κ3) is 3.45. The molecule has 3 rings (SSSR count). The minimum Gasteiger partial charge on any atom is -0.427 e. The van der Waals surface area contributed by atoms with Crippen LogP contribution in [0.2, 0.25) is 0 Å². The van der Waals surface area contributed by atoms with E-state index in [9.17, 15) is 4.79 Å². The van der Waals surface area contributed by atoms with Crippen molar-refractivity contribution in [3.05, 3.63) is 54.1 Å². The molecule has 0 saturated carbocycles. The second kappa shape index (κ2) is 6.44. The van der Waals surface area contributed by atoms with Crippen LogP contribution in [-0.2, 0) is 4.79 Å². The molecule has 0 spiro atoms. The number of hydrogen-bond acceptors (Lipinski definition) is 5. The van der Waals surface area contributed by atoms with Crippen LogP contribution in [0.3, 0.4) is 0 Å². The van der Waals surface area contributed by atoms with E-state index in [2.05, 4.69) is 10.1 Å². The van der Waals surface area contributed by atoms with Gasteiger partial charge in [0.1, 0.15) is 5.75 Å². The van der Waals surface area contributed by atoms with Crippen molar-refractivity contribution >= 4 is 5.97 Å². The van der Waals surface area contributed by atoms with Crippen LogP contribution < -0.4 is 4.74 Å². The number of rotatable bonds is 4. The first kappa shape index (κ1) is 15.0. The maximum atomic E-state index is 11.3. The van der Waals surface area contributed by atoms with Crippen LogP contribution in [0.15, 0.2) is 53.1 Å². The number of esters is 1. The zero-order chi connectivity index (χ0) is 16.2. The molecule has 3 aromatic rings. The van der Waals surface area contributed by atoms with Gasteiger partial charge in [-0.3, -0.25) is 4.79 Å². The average Bonchev–Trinajstić information content (AvgIpc) is 3.06. The molecular weight excluding hydrogens is 292 g/mol. The second-order valence-electron chi connectivity index (χ2n) is 5.14. The van der Waals surface area contributed by atoms with Gasteiger partial charge >= 0.3 is 5.97 Å². The number of aromatic nitrogens is 2. The maximum absolute atomic E-state index is 11.3. The number of nitrogens with zero attached hydrogens (tertiary/aromatic N) is 2. The predicted octanol–water partition coefficient (Wildman–Crippen LogP) is 4.03. The normalized spacial score (nSPS) is 10.5. The summed E-state index contributed by atoms with van der Waals surface area (Å²) in [5.74, 6) is 1.20. The molecule has 0 aliphatic rings. The minimum atomic E-state index is -0.266. The van der Waals surface area contributed by atoms with Crippen molar-refractivity contribution in [1.82, 2.24) is 10.1 Å². The summed E-state index contributed by atoms with van der Waals surface area (Å²) in [5.41, 5.74) is 2.85. The SMILES string of the molecule is CCC(=O)Oc1ccc(-c2nc(-c3ccc(C)cc3)no2)cc1. The number of aryl methyl sites for hydroxylation is 1. The van der Waals surface area contributed by atoms with Gasteiger partial charge < -0.3 is 9.26 Å². The molecule has 1 heterocycles. The smallest absolute Gasteiger partial charge is 0.310 e. The van der Waals surface area contributed by atoms with Gasteiger partial charge in [-0.15, -0.1) is 0 Å². The van der Waals surface area contributed by atoms with Gasteiger partial charge in [0.05, 0.1) is 0 Å². The molecule has 0 radical (unpaired) electrons. The molecule has 1 aromatic heterocycles. The number of ether oxygens (including phenoxy) is 1. The van der Waals surface area contributed by atoms with Crippen molar-refractivity contribution in [2.75, 3.05) is 0 Å². The lowest BCUT2D eigenvalue weighted by atomic mass is 10.1. The van der Waals surface area contributed by atoms with E-state index in [1.165, 1.54) is 5.56 Å². The summed E-state index contributed by atoms with van der Waals surface area (Å²) >= 11 is 0. The highest BCUT2D eigenvalue weighted by molar-refractivity contribution is 5.72. The Morgan fingerprint density at radius 1 is 1.04 bits per heavy atom. The van der Waals surface area contributed by atoms with E-state index in [-0.39, 0.29) is 5.97 Å². The quantitative estimate of drug-likeness (QED) is 0.538. The van der Waals surface area contributed by atoms with E-state index in [0.29, 0.717) is 23.9 Å². The Hall–Kier alpha value is -2.95. The zero-order valence-electron chi connectivity index (χ0n) is 12.9. The van der Waals surface area contributed by atoms with Crippen molar-refractivity contribution in [3.8, 4) is 28.6 Å². The Balaban J connectivity index is 1.80. The standard InChI is InChI=1S/C18H16N2O3/c1-3-16(21)22-15-10-8-14(9-11-15)18-19-17(20-23-18)13-6-4-12(2)5-7-13/h4-11H,3H2,1-2H3. The summed E-state index contributed by atoms with van der Waals surface area (Å²) in [6.45, 7) is 3.78. The fourth-order valence-corrected chi connectivity index (χ4v) is 2.03. The molecule has 5 heteroatoms. The molecule has 0 fully saturated rings. The number of benzene rings is 2. The largest absolute Gasteiger partial charge is 0.427 e. The zero-order valence-corrected chi connectivity index (χ0v) is 12.9. The summed E-state index contributed by atoms with van der Waals surface area (Å²) < 4.78 is 10.4. The Kier molecular flexibility index (Phi) is 4.19. The first-order valence-electron chi connectivity index (χ1n) is 7.37. The molecule has 0 saturated heterocycles. The van der Waals surface area contributed by atoms with Crippen LogP contribution in [0.5, 0.6) is 5.75 Å². The molecule has 0 N–H and O–H groups in total. The fraction of sp³-hybridized carbons (Fsp3) is 0.167. The van der Waals surface area contributed by atoms with Crippen molar-refractivity contribution in [1.29, 1.82) is 0 Å². The minimum absolute atomic E-state index is 0.266. The van der Waals surface area contributed by atoms with Crippen LogP contribution in [-0.4, -0.2) is 16.1 Å². The van der Waals surface area contributed by atoms with Gasteiger partial charge in [0.25, 0.3) is 5.89 Å². The number of carbonyl (C=O) groups excluding carboxylic acids is 1. The monoisotopic (exact) mass is 308 g/mol. The molecular formula is C18H16N2O3. The average molecular weight is 308 g/mol. The summed E-state index contributed by atoms with van der Waals surface area (Å²) in [6, 6.07) is 14.9. The first-order valence-corrected chi connectivity index (χ1v) is 7.37. The predicted molar refractivity (Wildman–Crippen MR) is 85.8 cm³/mol. The Bertz CT molecular complexity index is 805. The topological polar surface area (TPSA) is 65.2 Å². The summed E-state index contributed by atoms with van der Waals surface area (Å²) in [5, 5.41) is 4.01. The lowest BCUT2D eigenvalue weighted by molar-refractivity contribution is -0.134. The first-order chi connectivity index (χ1) is 11.2. The van der Waals surface area contributed by atoms with Crippen LogP contribution in [0.1, 0.15) is 18.9 Å². The van der Waals surface area contributed by atoms with Crippen LogP contribution >= 0.6 is 0 Å². The highest BCUT2D eigenvalue weighted by Crippen LogP contribution is 2.24. The van der Waals surface area contributed by atoms with Crippen molar-refractivity contribution < 1.29 is 14.1 Å². The Morgan fingerprint density at radius 3 is 2.35 bits per heavy atom. The molecule has 0 unspecified atom stereocenters. The van der Waals surface area contributed by atoms with Gasteiger partial charge in [-0.2, -0.15) is 4.98 Å². The molecule has 2 aromatic carbocycles. The molecule has 0 bridgehead atoms. The third-order valence-corrected chi connectivity index (χ3v) is 3.36. The number of hydrogen-bond donors (Lipinski definition) is 0. The highest BCUT2D eigenvalue weighted by atomic mass is 16.5. The van der Waals surface area contributed by atoms with E-state index in [0.717, 1.165) is 11.1 Å². The summed E-state index contributed by atoms with van der Waals surface area (Å²) in [4.78, 5) is 15.7. The van der Waals surface area contributed by atoms with Crippen molar-refractivity contribution in [3.63, 3.8) is 0 Å². The van der Waals surface area contributed by atoms with Gasteiger partial charge in [0, 0.05) is 17.5 Å². The van der Waals surface area contributed by atoms with Crippen LogP contribution in [0.4, 0.5) is 0 Å². The van der Waals surface area contributed by atoms with E-state index in [4.69, 9.17) is 9.26 Å². The lowest BCUT2D eigenvalue weighted by Crippen LogP contribution is -2.05. The molecule has 116 valence electrons. The molecule has 5 nitrogen and oxygen atoms in total. The van der Waals surface area contributed by atoms with Crippen molar-refractivity contribution in [2.45, 2.75) is 20.3 Å². The lowest BCUT2D eigenvalue weighted by Gasteiger charge is -2.02. The van der Waals surface area contributed by atoms with Crippen LogP contribution in [0.25, 0.3) is 22.8 Å². The summed E-state index contributed by atoms with van der Waals surface area (Å²) in [6.07, 6.45) is 0.339. The fourth-order valence-electron chi connectivity index (χ4n) is 2.03. The van der Waals surface area contributed by atoms with Gasteiger partial charge in [-0.05, 0) is 31.2 Å². The van der Waals surface area contributed by atoms with Gasteiger partial charge in [0.15, 0.2) is 0 Å². The highest BCUT2D eigenvalue weighted by Gasteiger charge is 2.11. The van der Waals surface area contributed by atoms with E-state index < -0.39 is 0 Å². The molecule has 23 heavy (non-hydrogen) atoms. The Morgan fingerprint density at radius 2 is 1.70 bits per heavy atom. The molecule has 0 amide bonds. The van der Waals surface area contributed by atoms with Gasteiger partial charge in [0.2, 0.25) is 5.82 Å². The molecule has 0 atom stereocenters. The van der Waals surface area contributed by atoms with E-state index in [1.807, 2.05) is 31.2 Å². The second-order valence-corrected chi connectivity index (χ2v) is 5.14. The maximum Gasteiger partial charge on any atom is 0.310 e. The van der Waals surface area contributed by atoms with Crippen LogP contribution in [0, 0.1) is 6.92 Å².